The minimum absolute atomic E-state index is 0.0780. The third-order valence-corrected chi connectivity index (χ3v) is 4.63. The Kier molecular flexibility index (Phi) is 4.38. The molecule has 0 saturated carbocycles. The molecule has 0 bridgehead atoms. The highest BCUT2D eigenvalue weighted by Gasteiger charge is 2.24. The summed E-state index contributed by atoms with van der Waals surface area (Å²) in [4.78, 5) is 40.2. The second-order valence-corrected chi connectivity index (χ2v) is 6.28. The molecule has 120 valence electrons. The highest BCUT2D eigenvalue weighted by atomic mass is 32.2. The molecule has 1 amide bonds. The molecule has 2 aromatic rings. The predicted molar refractivity (Wildman–Crippen MR) is 87.4 cm³/mol. The van der Waals surface area contributed by atoms with E-state index in [0.717, 1.165) is 16.6 Å². The summed E-state index contributed by atoms with van der Waals surface area (Å²) >= 11 is 1.46. The van der Waals surface area contributed by atoms with Gasteiger partial charge in [0.05, 0.1) is 11.6 Å². The van der Waals surface area contributed by atoms with Crippen LogP contribution in [0.25, 0.3) is 10.9 Å². The van der Waals surface area contributed by atoms with E-state index in [-0.39, 0.29) is 24.8 Å². The molecule has 0 atom stereocenters. The Hall–Kier alpha value is -2.28. The standard InChI is InChI=1S/C16H16N2O4S/c1-10-16(11-4-2-3-5-12(11)17-10)13(19)7-22-15(21)6-18-9-23-8-14(18)20/h2-5,17H,6-9H2,1H3. The Morgan fingerprint density at radius 2 is 2.13 bits per heavy atom. The predicted octanol–water partition coefficient (Wildman–Crippen LogP) is 1.74. The van der Waals surface area contributed by atoms with Gasteiger partial charge in [0.25, 0.3) is 0 Å². The minimum atomic E-state index is -0.563. The molecule has 0 radical (unpaired) electrons. The summed E-state index contributed by atoms with van der Waals surface area (Å²) in [6.07, 6.45) is 0. The molecule has 7 heteroatoms. The van der Waals surface area contributed by atoms with Gasteiger partial charge >= 0.3 is 5.97 Å². The van der Waals surface area contributed by atoms with Crippen molar-refractivity contribution >= 4 is 40.3 Å². The maximum atomic E-state index is 12.4. The number of Topliss-reactive ketones (excluding diaryl/α,β-unsaturated/α-hetero) is 1. The first-order chi connectivity index (χ1) is 11.1. The molecular formula is C16H16N2O4S. The van der Waals surface area contributed by atoms with Gasteiger partial charge in [-0.2, -0.15) is 0 Å². The van der Waals surface area contributed by atoms with Gasteiger partial charge in [-0.05, 0) is 13.0 Å². The first-order valence-corrected chi connectivity index (χ1v) is 8.33. The lowest BCUT2D eigenvalue weighted by atomic mass is 10.1. The van der Waals surface area contributed by atoms with Crippen LogP contribution in [0.3, 0.4) is 0 Å². The fourth-order valence-corrected chi connectivity index (χ4v) is 3.50. The van der Waals surface area contributed by atoms with Crippen molar-refractivity contribution in [2.24, 2.45) is 0 Å². The molecule has 1 aromatic heterocycles. The number of carbonyl (C=O) groups excluding carboxylic acids is 3. The summed E-state index contributed by atoms with van der Waals surface area (Å²) in [5.74, 6) is -0.0163. The van der Waals surface area contributed by atoms with Gasteiger partial charge in [-0.3, -0.25) is 14.4 Å². The summed E-state index contributed by atoms with van der Waals surface area (Å²) < 4.78 is 5.04. The van der Waals surface area contributed by atoms with Gasteiger partial charge in [0.2, 0.25) is 11.7 Å². The summed E-state index contributed by atoms with van der Waals surface area (Å²) in [7, 11) is 0. The SMILES string of the molecule is Cc1[nH]c2ccccc2c1C(=O)COC(=O)CN1CSCC1=O. The highest BCUT2D eigenvalue weighted by Crippen LogP contribution is 2.22. The first kappa shape index (κ1) is 15.6. The lowest BCUT2D eigenvalue weighted by Gasteiger charge is -2.13. The fraction of sp³-hybridized carbons (Fsp3) is 0.312. The Bertz CT molecular complexity index is 783. The van der Waals surface area contributed by atoms with E-state index >= 15 is 0 Å². The van der Waals surface area contributed by atoms with Crippen molar-refractivity contribution in [2.75, 3.05) is 24.8 Å². The number of aromatic nitrogens is 1. The number of fused-ring (bicyclic) bond motifs is 1. The van der Waals surface area contributed by atoms with Crippen LogP contribution in [-0.4, -0.2) is 52.3 Å². The number of ketones is 1. The first-order valence-electron chi connectivity index (χ1n) is 7.18. The van der Waals surface area contributed by atoms with Gasteiger partial charge in [-0.1, -0.05) is 18.2 Å². The number of aryl methyl sites for hydroxylation is 1. The molecule has 6 nitrogen and oxygen atoms in total. The second-order valence-electron chi connectivity index (χ2n) is 5.32. The molecule has 0 unspecified atom stereocenters. The van der Waals surface area contributed by atoms with E-state index in [1.54, 1.807) is 0 Å². The number of nitrogens with one attached hydrogen (secondary N) is 1. The van der Waals surface area contributed by atoms with Crippen molar-refractivity contribution < 1.29 is 19.1 Å². The number of para-hydroxylation sites is 1. The number of aromatic amines is 1. The Morgan fingerprint density at radius 3 is 2.87 bits per heavy atom. The fourth-order valence-electron chi connectivity index (χ4n) is 2.60. The smallest absolute Gasteiger partial charge is 0.326 e. The number of carbonyl (C=O) groups is 3. The molecule has 1 fully saturated rings. The van der Waals surface area contributed by atoms with Crippen LogP contribution in [-0.2, 0) is 14.3 Å². The lowest BCUT2D eigenvalue weighted by Crippen LogP contribution is -2.33. The van der Waals surface area contributed by atoms with Gasteiger partial charge in [-0.25, -0.2) is 0 Å². The molecule has 1 aromatic carbocycles. The van der Waals surface area contributed by atoms with Crippen LogP contribution in [0, 0.1) is 6.92 Å². The zero-order chi connectivity index (χ0) is 16.4. The lowest BCUT2D eigenvalue weighted by molar-refractivity contribution is -0.146. The van der Waals surface area contributed by atoms with Crippen molar-refractivity contribution in [3.05, 3.63) is 35.5 Å². The average Bonchev–Trinajstić information content (AvgIpc) is 3.07. The zero-order valence-corrected chi connectivity index (χ0v) is 13.4. The molecule has 1 aliphatic rings. The molecular weight excluding hydrogens is 316 g/mol. The molecule has 3 rings (SSSR count). The molecule has 2 heterocycles. The van der Waals surface area contributed by atoms with E-state index in [1.807, 2.05) is 31.2 Å². The Labute approximate surface area is 137 Å². The number of ether oxygens (including phenoxy) is 1. The topological polar surface area (TPSA) is 79.5 Å². The normalized spacial score (nSPS) is 14.5. The molecule has 1 saturated heterocycles. The molecule has 0 spiro atoms. The maximum Gasteiger partial charge on any atom is 0.326 e. The number of nitrogens with zero attached hydrogens (tertiary/aromatic N) is 1. The van der Waals surface area contributed by atoms with Crippen LogP contribution in [0.1, 0.15) is 16.1 Å². The van der Waals surface area contributed by atoms with E-state index in [1.165, 1.54) is 16.7 Å². The van der Waals surface area contributed by atoms with E-state index < -0.39 is 5.97 Å². The Morgan fingerprint density at radius 1 is 1.35 bits per heavy atom. The van der Waals surface area contributed by atoms with Crippen molar-refractivity contribution in [1.82, 2.24) is 9.88 Å². The zero-order valence-electron chi connectivity index (χ0n) is 12.6. The number of rotatable bonds is 5. The number of benzene rings is 1. The van der Waals surface area contributed by atoms with Crippen LogP contribution in [0.15, 0.2) is 24.3 Å². The summed E-state index contributed by atoms with van der Waals surface area (Å²) in [5.41, 5.74) is 2.17. The van der Waals surface area contributed by atoms with Crippen molar-refractivity contribution in [1.29, 1.82) is 0 Å². The van der Waals surface area contributed by atoms with Crippen molar-refractivity contribution in [3.63, 3.8) is 0 Å². The number of hydrogen-bond acceptors (Lipinski definition) is 5. The molecule has 0 aliphatic carbocycles. The number of thioether (sulfide) groups is 1. The van der Waals surface area contributed by atoms with Crippen molar-refractivity contribution in [2.45, 2.75) is 6.92 Å². The van der Waals surface area contributed by atoms with E-state index in [4.69, 9.17) is 4.74 Å². The summed E-state index contributed by atoms with van der Waals surface area (Å²) in [5, 5.41) is 0.817. The van der Waals surface area contributed by atoms with Gasteiger partial charge in [0.1, 0.15) is 6.54 Å². The third-order valence-electron chi connectivity index (χ3n) is 3.68. The van der Waals surface area contributed by atoms with E-state index in [9.17, 15) is 14.4 Å². The van der Waals surface area contributed by atoms with Crippen LogP contribution >= 0.6 is 11.8 Å². The maximum absolute atomic E-state index is 12.4. The average molecular weight is 332 g/mol. The quantitative estimate of drug-likeness (QED) is 0.666. The third kappa shape index (κ3) is 3.24. The number of H-pyrrole nitrogens is 1. The number of amides is 1. The number of esters is 1. The van der Waals surface area contributed by atoms with E-state index in [0.29, 0.717) is 17.2 Å². The number of hydrogen-bond donors (Lipinski definition) is 1. The summed E-state index contributed by atoms with van der Waals surface area (Å²) in [6.45, 7) is 1.39. The molecule has 1 aliphatic heterocycles. The minimum Gasteiger partial charge on any atom is -0.456 e. The Balaban J connectivity index is 1.63. The van der Waals surface area contributed by atoms with Gasteiger partial charge in [-0.15, -0.1) is 11.8 Å². The second kappa shape index (κ2) is 6.45. The summed E-state index contributed by atoms with van der Waals surface area (Å²) in [6, 6.07) is 7.49. The molecule has 1 N–H and O–H groups in total. The van der Waals surface area contributed by atoms with Gasteiger partial charge < -0.3 is 14.6 Å². The van der Waals surface area contributed by atoms with Crippen LogP contribution in [0.2, 0.25) is 0 Å². The van der Waals surface area contributed by atoms with Crippen LogP contribution < -0.4 is 0 Å². The van der Waals surface area contributed by atoms with Crippen LogP contribution in [0.4, 0.5) is 0 Å². The monoisotopic (exact) mass is 332 g/mol. The van der Waals surface area contributed by atoms with Gasteiger partial charge in [0, 0.05) is 22.2 Å². The van der Waals surface area contributed by atoms with Crippen molar-refractivity contribution in [3.8, 4) is 0 Å². The van der Waals surface area contributed by atoms with E-state index in [2.05, 4.69) is 4.98 Å². The van der Waals surface area contributed by atoms with Crippen LogP contribution in [0.5, 0.6) is 0 Å². The van der Waals surface area contributed by atoms with Gasteiger partial charge in [0.15, 0.2) is 6.61 Å². The highest BCUT2D eigenvalue weighted by molar-refractivity contribution is 8.00. The largest absolute Gasteiger partial charge is 0.456 e. The molecule has 23 heavy (non-hydrogen) atoms.